The van der Waals surface area contributed by atoms with Gasteiger partial charge < -0.3 is 10.2 Å². The Morgan fingerprint density at radius 3 is 2.92 bits per heavy atom. The number of carbonyl (C=O) groups excluding carboxylic acids is 1. The predicted octanol–water partition coefficient (Wildman–Crippen LogP) is 2.69. The van der Waals surface area contributed by atoms with Gasteiger partial charge in [-0.2, -0.15) is 0 Å². The molecule has 24 heavy (non-hydrogen) atoms. The molecule has 0 saturated heterocycles. The minimum Gasteiger partial charge on any atom is -0.388 e. The second-order valence-electron chi connectivity index (χ2n) is 7.73. The summed E-state index contributed by atoms with van der Waals surface area (Å²) in [5, 5.41) is 21.7. The normalized spacial score (nSPS) is 43.7. The van der Waals surface area contributed by atoms with E-state index in [4.69, 9.17) is 6.42 Å². The number of rotatable bonds is 1. The number of hydrogen-bond donors (Lipinski definition) is 2. The largest absolute Gasteiger partial charge is 0.388 e. The van der Waals surface area contributed by atoms with Crippen LogP contribution in [0.15, 0.2) is 34.9 Å². The molecule has 3 heteroatoms. The van der Waals surface area contributed by atoms with Crippen LogP contribution in [0.2, 0.25) is 0 Å². The number of aliphatic hydroxyl groups is 2. The van der Waals surface area contributed by atoms with Gasteiger partial charge in [-0.05, 0) is 66.7 Å². The minimum atomic E-state index is -1.09. The molecule has 1 saturated carbocycles. The summed E-state index contributed by atoms with van der Waals surface area (Å²) in [5.41, 5.74) is 1.73. The first-order valence-electron chi connectivity index (χ1n) is 9.01. The third-order valence-electron chi connectivity index (χ3n) is 6.99. The Morgan fingerprint density at radius 1 is 1.42 bits per heavy atom. The molecule has 0 bridgehead atoms. The van der Waals surface area contributed by atoms with E-state index in [1.165, 1.54) is 5.57 Å². The SMILES string of the molecule is C#CC1(O)CCC2C3CC(O)C4=CC(=O)CCC4=C3C=CC21CC. The molecule has 126 valence electrons. The van der Waals surface area contributed by atoms with Crippen LogP contribution in [0.1, 0.15) is 45.4 Å². The van der Waals surface area contributed by atoms with Crippen LogP contribution in [-0.2, 0) is 4.79 Å². The van der Waals surface area contributed by atoms with Gasteiger partial charge in [-0.25, -0.2) is 0 Å². The quantitative estimate of drug-likeness (QED) is 0.729. The number of terminal acetylenes is 1. The first-order chi connectivity index (χ1) is 11.5. The Balaban J connectivity index is 1.87. The number of ketones is 1. The topological polar surface area (TPSA) is 57.5 Å². The fourth-order valence-electron chi connectivity index (χ4n) is 5.76. The van der Waals surface area contributed by atoms with Gasteiger partial charge in [-0.15, -0.1) is 6.42 Å². The minimum absolute atomic E-state index is 0.108. The molecule has 3 nitrogen and oxygen atoms in total. The average Bonchev–Trinajstić information content (AvgIpc) is 2.89. The van der Waals surface area contributed by atoms with Gasteiger partial charge in [0.25, 0.3) is 0 Å². The van der Waals surface area contributed by atoms with Gasteiger partial charge in [0.1, 0.15) is 5.60 Å². The first-order valence-corrected chi connectivity index (χ1v) is 9.01. The monoisotopic (exact) mass is 324 g/mol. The lowest BCUT2D eigenvalue weighted by atomic mass is 9.56. The van der Waals surface area contributed by atoms with Gasteiger partial charge in [-0.3, -0.25) is 4.79 Å². The van der Waals surface area contributed by atoms with E-state index in [-0.39, 0.29) is 17.6 Å². The molecule has 0 aromatic carbocycles. The molecule has 1 fully saturated rings. The molecule has 0 aromatic heterocycles. The van der Waals surface area contributed by atoms with Crippen LogP contribution >= 0.6 is 0 Å². The molecule has 5 atom stereocenters. The molecule has 0 aromatic rings. The van der Waals surface area contributed by atoms with Crippen LogP contribution in [0.25, 0.3) is 0 Å². The zero-order valence-corrected chi connectivity index (χ0v) is 14.1. The molecule has 0 radical (unpaired) electrons. The highest BCUT2D eigenvalue weighted by molar-refractivity contribution is 5.93. The Morgan fingerprint density at radius 2 is 2.21 bits per heavy atom. The lowest BCUT2D eigenvalue weighted by Crippen LogP contribution is -2.49. The first kappa shape index (κ1) is 15.9. The summed E-state index contributed by atoms with van der Waals surface area (Å²) in [7, 11) is 0. The third kappa shape index (κ3) is 1.84. The number of aliphatic hydroxyl groups excluding tert-OH is 1. The lowest BCUT2D eigenvalue weighted by molar-refractivity contribution is -0.114. The summed E-state index contributed by atoms with van der Waals surface area (Å²) < 4.78 is 0. The van der Waals surface area contributed by atoms with E-state index in [1.54, 1.807) is 6.08 Å². The van der Waals surface area contributed by atoms with Gasteiger partial charge in [0.2, 0.25) is 0 Å². The van der Waals surface area contributed by atoms with Gasteiger partial charge in [-0.1, -0.05) is 25.0 Å². The maximum Gasteiger partial charge on any atom is 0.156 e. The summed E-state index contributed by atoms with van der Waals surface area (Å²) in [6.07, 6.45) is 15.2. The molecule has 5 unspecified atom stereocenters. The van der Waals surface area contributed by atoms with Gasteiger partial charge >= 0.3 is 0 Å². The van der Waals surface area contributed by atoms with Crippen molar-refractivity contribution in [2.75, 3.05) is 0 Å². The molecule has 0 spiro atoms. The summed E-state index contributed by atoms with van der Waals surface area (Å²) >= 11 is 0. The summed E-state index contributed by atoms with van der Waals surface area (Å²) in [6.45, 7) is 2.09. The molecular formula is C21H24O3. The average molecular weight is 324 g/mol. The number of allylic oxidation sites excluding steroid dienone is 3. The molecule has 0 heterocycles. The molecular weight excluding hydrogens is 300 g/mol. The van der Waals surface area contributed by atoms with E-state index < -0.39 is 17.1 Å². The van der Waals surface area contributed by atoms with Crippen LogP contribution < -0.4 is 0 Å². The second-order valence-corrected chi connectivity index (χ2v) is 7.73. The third-order valence-corrected chi connectivity index (χ3v) is 6.99. The Kier molecular flexibility index (Phi) is 3.43. The Hall–Kier alpha value is -1.63. The van der Waals surface area contributed by atoms with E-state index in [9.17, 15) is 15.0 Å². The highest BCUT2D eigenvalue weighted by atomic mass is 16.3. The van der Waals surface area contributed by atoms with Gasteiger partial charge in [0.15, 0.2) is 5.78 Å². The smallest absolute Gasteiger partial charge is 0.156 e. The molecule has 2 N–H and O–H groups in total. The Bertz CT molecular complexity index is 735. The zero-order chi connectivity index (χ0) is 17.1. The summed E-state index contributed by atoms with van der Waals surface area (Å²) in [5.74, 6) is 3.25. The number of carbonyl (C=O) groups is 1. The van der Waals surface area contributed by atoms with Crippen molar-refractivity contribution in [2.45, 2.75) is 57.2 Å². The van der Waals surface area contributed by atoms with E-state index in [0.717, 1.165) is 24.0 Å². The van der Waals surface area contributed by atoms with Crippen LogP contribution in [0.3, 0.4) is 0 Å². The second kappa shape index (κ2) is 5.18. The molecule has 4 rings (SSSR count). The molecule has 0 amide bonds. The number of fused-ring (bicyclic) bond motifs is 4. The van der Waals surface area contributed by atoms with E-state index in [2.05, 4.69) is 25.0 Å². The highest BCUT2D eigenvalue weighted by Crippen LogP contribution is 2.62. The molecule has 4 aliphatic carbocycles. The van der Waals surface area contributed by atoms with Crippen LogP contribution in [0.5, 0.6) is 0 Å². The van der Waals surface area contributed by atoms with Crippen molar-refractivity contribution in [1.82, 2.24) is 0 Å². The lowest BCUT2D eigenvalue weighted by Gasteiger charge is -2.49. The van der Waals surface area contributed by atoms with Gasteiger partial charge in [0, 0.05) is 11.8 Å². The summed E-state index contributed by atoms with van der Waals surface area (Å²) in [6, 6.07) is 0. The zero-order valence-electron chi connectivity index (χ0n) is 14.1. The van der Waals surface area contributed by atoms with E-state index >= 15 is 0 Å². The van der Waals surface area contributed by atoms with Crippen molar-refractivity contribution in [2.24, 2.45) is 17.3 Å². The van der Waals surface area contributed by atoms with Gasteiger partial charge in [0.05, 0.1) is 6.10 Å². The highest BCUT2D eigenvalue weighted by Gasteiger charge is 2.60. The van der Waals surface area contributed by atoms with E-state index in [0.29, 0.717) is 25.7 Å². The number of hydrogen-bond acceptors (Lipinski definition) is 3. The van der Waals surface area contributed by atoms with Crippen LogP contribution in [-0.4, -0.2) is 27.7 Å². The van der Waals surface area contributed by atoms with E-state index in [1.807, 2.05) is 0 Å². The maximum atomic E-state index is 11.7. The standard InChI is InChI=1S/C21H24O3/c1-3-20-9-7-15-14-6-5-13(22)11-17(14)19(23)12-16(15)18(20)8-10-21(20,24)4-2/h2,7,9,11,16,18-19,23-24H,3,5-6,8,10,12H2,1H3. The Labute approximate surface area is 143 Å². The summed E-state index contributed by atoms with van der Waals surface area (Å²) in [4.78, 5) is 11.7. The van der Waals surface area contributed by atoms with Crippen molar-refractivity contribution < 1.29 is 15.0 Å². The predicted molar refractivity (Wildman–Crippen MR) is 91.8 cm³/mol. The van der Waals surface area contributed by atoms with Crippen molar-refractivity contribution in [1.29, 1.82) is 0 Å². The molecule has 0 aliphatic heterocycles. The molecule has 4 aliphatic rings. The van der Waals surface area contributed by atoms with Crippen LogP contribution in [0, 0.1) is 29.6 Å². The van der Waals surface area contributed by atoms with Crippen molar-refractivity contribution in [3.05, 3.63) is 34.9 Å². The maximum absolute atomic E-state index is 11.7. The van der Waals surface area contributed by atoms with Crippen LogP contribution in [0.4, 0.5) is 0 Å². The van der Waals surface area contributed by atoms with Crippen molar-refractivity contribution in [3.8, 4) is 12.3 Å². The fraction of sp³-hybridized carbons (Fsp3) is 0.571. The fourth-order valence-corrected chi connectivity index (χ4v) is 5.76. The van der Waals surface area contributed by atoms with Crippen molar-refractivity contribution in [3.63, 3.8) is 0 Å². The van der Waals surface area contributed by atoms with Crippen molar-refractivity contribution >= 4 is 5.78 Å².